The molecule has 0 unspecified atom stereocenters. The van der Waals surface area contributed by atoms with E-state index in [0.717, 1.165) is 50.3 Å². The van der Waals surface area contributed by atoms with E-state index in [2.05, 4.69) is 198 Å². The van der Waals surface area contributed by atoms with Crippen molar-refractivity contribution in [2.45, 2.75) is 0 Å². The highest BCUT2D eigenvalue weighted by molar-refractivity contribution is 6.17. The number of fused-ring (bicyclic) bond motifs is 9. The molecular formula is C50H32N2O. The first kappa shape index (κ1) is 29.6. The van der Waals surface area contributed by atoms with Gasteiger partial charge in [0.2, 0.25) is 0 Å². The van der Waals surface area contributed by atoms with Gasteiger partial charge in [-0.25, -0.2) is 0 Å². The van der Waals surface area contributed by atoms with Gasteiger partial charge in [0, 0.05) is 43.9 Å². The van der Waals surface area contributed by atoms with Crippen LogP contribution in [0.15, 0.2) is 199 Å². The van der Waals surface area contributed by atoms with E-state index in [1.165, 1.54) is 48.9 Å². The lowest BCUT2D eigenvalue weighted by Gasteiger charge is -2.28. The summed E-state index contributed by atoms with van der Waals surface area (Å²) in [5.41, 5.74) is 10.8. The molecule has 248 valence electrons. The minimum Gasteiger partial charge on any atom is -0.454 e. The molecular weight excluding hydrogens is 645 g/mol. The standard InChI is InChI=1S/C50H32N2O/c1-2-15-35(16-3-1)52-45-25-10-8-20-41(45)43-23-12-22-38(49(43)52)33-28-30-36(31-29-33)51(46-26-13-24-44-42-21-9-11-27-48(42)53-50(44)46)47-32-34-14-4-5-17-37(34)39-18-6-7-19-40(39)47/h1-32H. The number of aromatic nitrogens is 1. The summed E-state index contributed by atoms with van der Waals surface area (Å²) in [4.78, 5) is 2.38. The molecule has 9 aromatic carbocycles. The summed E-state index contributed by atoms with van der Waals surface area (Å²) in [5, 5.41) is 9.55. The van der Waals surface area contributed by atoms with Gasteiger partial charge < -0.3 is 13.9 Å². The maximum absolute atomic E-state index is 6.69. The third-order valence-corrected chi connectivity index (χ3v) is 10.8. The lowest BCUT2D eigenvalue weighted by Crippen LogP contribution is -2.11. The van der Waals surface area contributed by atoms with Gasteiger partial charge in [0.05, 0.1) is 22.4 Å². The third kappa shape index (κ3) is 4.54. The van der Waals surface area contributed by atoms with Gasteiger partial charge in [-0.2, -0.15) is 0 Å². The summed E-state index contributed by atoms with van der Waals surface area (Å²) < 4.78 is 9.09. The average molecular weight is 677 g/mol. The summed E-state index contributed by atoms with van der Waals surface area (Å²) in [6.07, 6.45) is 0. The van der Waals surface area contributed by atoms with Gasteiger partial charge in [-0.15, -0.1) is 0 Å². The fourth-order valence-corrected chi connectivity index (χ4v) is 8.42. The van der Waals surface area contributed by atoms with Crippen molar-refractivity contribution in [3.05, 3.63) is 194 Å². The highest BCUT2D eigenvalue weighted by Crippen LogP contribution is 2.46. The van der Waals surface area contributed by atoms with E-state index >= 15 is 0 Å². The van der Waals surface area contributed by atoms with Gasteiger partial charge in [-0.05, 0) is 70.3 Å². The summed E-state index contributed by atoms with van der Waals surface area (Å²) in [5.74, 6) is 0. The van der Waals surface area contributed by atoms with E-state index in [1.54, 1.807) is 0 Å². The van der Waals surface area contributed by atoms with Gasteiger partial charge in [-0.1, -0.05) is 146 Å². The second-order valence-electron chi connectivity index (χ2n) is 13.7. The van der Waals surface area contributed by atoms with Crippen molar-refractivity contribution >= 4 is 82.4 Å². The topological polar surface area (TPSA) is 21.3 Å². The van der Waals surface area contributed by atoms with Gasteiger partial charge in [0.1, 0.15) is 5.58 Å². The SMILES string of the molecule is c1ccc(-n2c3ccccc3c3cccc(-c4ccc(N(c5cc6ccccc6c6ccccc56)c5cccc6c5oc5ccccc56)cc4)c32)cc1. The normalized spacial score (nSPS) is 11.8. The average Bonchev–Trinajstić information content (AvgIpc) is 3.78. The molecule has 0 spiro atoms. The van der Waals surface area contributed by atoms with E-state index in [-0.39, 0.29) is 0 Å². The third-order valence-electron chi connectivity index (χ3n) is 10.8. The van der Waals surface area contributed by atoms with Gasteiger partial charge in [0.15, 0.2) is 5.58 Å². The largest absolute Gasteiger partial charge is 0.454 e. The van der Waals surface area contributed by atoms with Crippen molar-refractivity contribution in [3.63, 3.8) is 0 Å². The Morgan fingerprint density at radius 1 is 0.415 bits per heavy atom. The molecule has 0 aliphatic carbocycles. The number of rotatable bonds is 5. The Kier molecular flexibility index (Phi) is 6.55. The van der Waals surface area contributed by atoms with Crippen LogP contribution >= 0.6 is 0 Å². The second-order valence-corrected chi connectivity index (χ2v) is 13.7. The van der Waals surface area contributed by atoms with Gasteiger partial charge in [-0.3, -0.25) is 0 Å². The Labute approximate surface area is 306 Å². The minimum absolute atomic E-state index is 0.868. The number of nitrogens with zero attached hydrogens (tertiary/aromatic N) is 2. The zero-order chi connectivity index (χ0) is 34.9. The number of furan rings is 1. The van der Waals surface area contributed by atoms with Crippen LogP contribution in [0.5, 0.6) is 0 Å². The maximum atomic E-state index is 6.69. The molecule has 0 radical (unpaired) electrons. The van der Waals surface area contributed by atoms with Crippen LogP contribution in [0.2, 0.25) is 0 Å². The molecule has 0 aliphatic heterocycles. The molecule has 0 atom stereocenters. The number of anilines is 3. The van der Waals surface area contributed by atoms with Crippen molar-refractivity contribution in [2.75, 3.05) is 4.90 Å². The van der Waals surface area contributed by atoms with Crippen LogP contribution in [-0.2, 0) is 0 Å². The van der Waals surface area contributed by atoms with E-state index in [1.807, 2.05) is 6.07 Å². The number of para-hydroxylation sites is 5. The molecule has 0 amide bonds. The fourth-order valence-electron chi connectivity index (χ4n) is 8.42. The molecule has 2 aromatic heterocycles. The molecule has 0 saturated carbocycles. The van der Waals surface area contributed by atoms with Crippen molar-refractivity contribution in [1.82, 2.24) is 4.57 Å². The molecule has 2 heterocycles. The maximum Gasteiger partial charge on any atom is 0.159 e. The first-order valence-electron chi connectivity index (χ1n) is 18.1. The predicted octanol–water partition coefficient (Wildman–Crippen LogP) is 14.1. The fraction of sp³-hybridized carbons (Fsp3) is 0. The zero-order valence-electron chi connectivity index (χ0n) is 28.8. The van der Waals surface area contributed by atoms with Crippen LogP contribution in [-0.4, -0.2) is 4.57 Å². The van der Waals surface area contributed by atoms with Crippen molar-refractivity contribution in [1.29, 1.82) is 0 Å². The molecule has 11 aromatic rings. The molecule has 0 aliphatic rings. The Hall–Kier alpha value is -7.10. The highest BCUT2D eigenvalue weighted by atomic mass is 16.3. The predicted molar refractivity (Wildman–Crippen MR) is 223 cm³/mol. The molecule has 53 heavy (non-hydrogen) atoms. The van der Waals surface area contributed by atoms with E-state index in [9.17, 15) is 0 Å². The monoisotopic (exact) mass is 676 g/mol. The molecule has 0 bridgehead atoms. The van der Waals surface area contributed by atoms with E-state index < -0.39 is 0 Å². The van der Waals surface area contributed by atoms with Gasteiger partial charge in [0.25, 0.3) is 0 Å². The van der Waals surface area contributed by atoms with Crippen molar-refractivity contribution in [2.24, 2.45) is 0 Å². The van der Waals surface area contributed by atoms with E-state index in [4.69, 9.17) is 4.42 Å². The molecule has 0 fully saturated rings. The summed E-state index contributed by atoms with van der Waals surface area (Å²) in [6.45, 7) is 0. The minimum atomic E-state index is 0.868. The van der Waals surface area contributed by atoms with Crippen molar-refractivity contribution < 1.29 is 4.42 Å². The molecule has 0 saturated heterocycles. The zero-order valence-corrected chi connectivity index (χ0v) is 28.8. The van der Waals surface area contributed by atoms with Crippen LogP contribution in [0.3, 0.4) is 0 Å². The quantitative estimate of drug-likeness (QED) is 0.169. The summed E-state index contributed by atoms with van der Waals surface area (Å²) in [7, 11) is 0. The van der Waals surface area contributed by atoms with Crippen LogP contribution in [0, 0.1) is 0 Å². The van der Waals surface area contributed by atoms with Gasteiger partial charge >= 0.3 is 0 Å². The molecule has 3 nitrogen and oxygen atoms in total. The molecule has 11 rings (SSSR count). The summed E-state index contributed by atoms with van der Waals surface area (Å²) in [6, 6.07) is 69.7. The first-order valence-corrected chi connectivity index (χ1v) is 18.1. The number of hydrogen-bond acceptors (Lipinski definition) is 2. The van der Waals surface area contributed by atoms with E-state index in [0.29, 0.717) is 0 Å². The lowest BCUT2D eigenvalue weighted by molar-refractivity contribution is 0.669. The highest BCUT2D eigenvalue weighted by Gasteiger charge is 2.23. The number of benzene rings is 9. The number of hydrogen-bond donors (Lipinski definition) is 0. The molecule has 0 N–H and O–H groups in total. The van der Waals surface area contributed by atoms with Crippen LogP contribution in [0.1, 0.15) is 0 Å². The Morgan fingerprint density at radius 2 is 1.06 bits per heavy atom. The summed E-state index contributed by atoms with van der Waals surface area (Å²) >= 11 is 0. The Morgan fingerprint density at radius 3 is 1.91 bits per heavy atom. The van der Waals surface area contributed by atoms with Crippen LogP contribution in [0.4, 0.5) is 17.1 Å². The Balaban J connectivity index is 1.16. The second kappa shape index (κ2) is 11.7. The first-order chi connectivity index (χ1) is 26.3. The van der Waals surface area contributed by atoms with Crippen LogP contribution in [0.25, 0.3) is 82.1 Å². The smallest absolute Gasteiger partial charge is 0.159 e. The molecule has 3 heteroatoms. The lowest BCUT2D eigenvalue weighted by atomic mass is 9.98. The van der Waals surface area contributed by atoms with Crippen molar-refractivity contribution in [3.8, 4) is 16.8 Å². The van der Waals surface area contributed by atoms with Crippen LogP contribution < -0.4 is 4.90 Å². The Bertz CT molecular complexity index is 3170.